The average Bonchev–Trinajstić information content (AvgIpc) is 4.01. The van der Waals surface area contributed by atoms with Crippen LogP contribution in [0.3, 0.4) is 0 Å². The van der Waals surface area contributed by atoms with Gasteiger partial charge in [0.15, 0.2) is 0 Å². The number of rotatable bonds is 9. The van der Waals surface area contributed by atoms with Crippen LogP contribution in [-0.4, -0.2) is 137 Å². The SMILES string of the molecule is CC(C)(C)OC(=O)n1c(C(=O)O)cc2cc(NC(=O)[C@H](Cc3ccc(NC(=O)N4CCC5(CC4)CC(O)CO5)cc3)N3CCN(c4cc(Cl)ccc4-n4cnnn4)C(=O)C3=O)ccc21. The molecule has 2 atom stereocenters. The smallest absolute Gasteiger partial charge is 0.419 e. The van der Waals surface area contributed by atoms with Crippen molar-refractivity contribution in [2.75, 3.05) is 48.3 Å². The number of benzene rings is 3. The summed E-state index contributed by atoms with van der Waals surface area (Å²) in [5.41, 5.74) is 0.540. The Morgan fingerprint density at radius 1 is 0.922 bits per heavy atom. The minimum Gasteiger partial charge on any atom is -0.477 e. The van der Waals surface area contributed by atoms with E-state index in [4.69, 9.17) is 21.1 Å². The van der Waals surface area contributed by atoms with Crippen molar-refractivity contribution in [2.24, 2.45) is 0 Å². The molecule has 4 N–H and O–H groups in total. The van der Waals surface area contributed by atoms with Crippen LogP contribution in [0.25, 0.3) is 16.6 Å². The number of amides is 5. The summed E-state index contributed by atoms with van der Waals surface area (Å²) in [6, 6.07) is 15.7. The third kappa shape index (κ3) is 9.10. The lowest BCUT2D eigenvalue weighted by molar-refractivity contribution is -0.149. The van der Waals surface area contributed by atoms with Crippen LogP contribution in [0.15, 0.2) is 73.1 Å². The van der Waals surface area contributed by atoms with E-state index in [0.717, 1.165) is 4.57 Å². The first-order chi connectivity index (χ1) is 30.5. The number of aromatic carboxylic acids is 1. The van der Waals surface area contributed by atoms with E-state index in [9.17, 15) is 39.0 Å². The van der Waals surface area contributed by atoms with E-state index >= 15 is 0 Å². The second-order valence-corrected chi connectivity index (χ2v) is 17.4. The third-order valence-corrected chi connectivity index (χ3v) is 11.6. The van der Waals surface area contributed by atoms with Gasteiger partial charge in [-0.1, -0.05) is 23.7 Å². The zero-order chi connectivity index (χ0) is 45.5. The number of ether oxygens (including phenoxy) is 2. The van der Waals surface area contributed by atoms with Crippen LogP contribution in [0.1, 0.15) is 56.1 Å². The summed E-state index contributed by atoms with van der Waals surface area (Å²) in [6.45, 7) is 6.09. The number of nitrogens with one attached hydrogen (secondary N) is 2. The summed E-state index contributed by atoms with van der Waals surface area (Å²) in [6.07, 6.45) is 1.67. The van der Waals surface area contributed by atoms with Gasteiger partial charge >= 0.3 is 29.9 Å². The molecule has 3 fully saturated rings. The van der Waals surface area contributed by atoms with Crippen molar-refractivity contribution >= 4 is 75.4 Å². The molecule has 5 amide bonds. The summed E-state index contributed by atoms with van der Waals surface area (Å²) >= 11 is 6.34. The number of anilines is 3. The number of halogens is 1. The van der Waals surface area contributed by atoms with Gasteiger partial charge in [-0.2, -0.15) is 4.68 Å². The normalized spacial score (nSPS) is 18.1. The minimum absolute atomic E-state index is 0.0266. The van der Waals surface area contributed by atoms with Crippen molar-refractivity contribution in [3.63, 3.8) is 0 Å². The van der Waals surface area contributed by atoms with Gasteiger partial charge in [-0.05, 0) is 104 Å². The van der Waals surface area contributed by atoms with Crippen LogP contribution in [0, 0.1) is 0 Å². The maximum Gasteiger partial charge on any atom is 0.419 e. The molecule has 5 heterocycles. The molecule has 3 aromatic carbocycles. The van der Waals surface area contributed by atoms with E-state index in [2.05, 4.69) is 26.2 Å². The van der Waals surface area contributed by atoms with Crippen LogP contribution >= 0.6 is 11.6 Å². The van der Waals surface area contributed by atoms with Crippen molar-refractivity contribution in [3.8, 4) is 5.69 Å². The van der Waals surface area contributed by atoms with Crippen molar-refractivity contribution in [1.29, 1.82) is 0 Å². The number of urea groups is 1. The largest absolute Gasteiger partial charge is 0.477 e. The lowest BCUT2D eigenvalue weighted by Gasteiger charge is -2.38. The van der Waals surface area contributed by atoms with Crippen molar-refractivity contribution < 1.29 is 48.5 Å². The first-order valence-electron chi connectivity index (χ1n) is 20.5. The number of aliphatic hydroxyl groups excluding tert-OH is 1. The van der Waals surface area contributed by atoms with Crippen LogP contribution in [0.5, 0.6) is 0 Å². The van der Waals surface area contributed by atoms with Crippen molar-refractivity contribution in [3.05, 3.63) is 89.3 Å². The fraction of sp³-hybridized carbons (Fsp3) is 0.372. The number of hydrogen-bond acceptors (Lipinski definition) is 12. The Balaban J connectivity index is 1.04. The number of hydrogen-bond donors (Lipinski definition) is 4. The number of piperidine rings is 1. The minimum atomic E-state index is -1.37. The van der Waals surface area contributed by atoms with Crippen LogP contribution in [0.4, 0.5) is 26.7 Å². The number of carbonyl (C=O) groups excluding carboxylic acids is 5. The Labute approximate surface area is 370 Å². The second-order valence-electron chi connectivity index (χ2n) is 16.9. The van der Waals surface area contributed by atoms with Gasteiger partial charge in [0, 0.05) is 60.8 Å². The van der Waals surface area contributed by atoms with Gasteiger partial charge in [0.05, 0.1) is 35.2 Å². The van der Waals surface area contributed by atoms with Gasteiger partial charge in [-0.3, -0.25) is 14.4 Å². The number of tetrazole rings is 1. The van der Waals surface area contributed by atoms with Gasteiger partial charge < -0.3 is 45.0 Å². The molecule has 64 heavy (non-hydrogen) atoms. The number of carboxylic acid groups (broad SMARTS) is 1. The first kappa shape index (κ1) is 43.7. The van der Waals surface area contributed by atoms with E-state index < -0.39 is 53.1 Å². The number of likely N-dealkylation sites (tertiary alicyclic amines) is 1. The monoisotopic (exact) mass is 896 g/mol. The van der Waals surface area contributed by atoms with Gasteiger partial charge in [0.25, 0.3) is 0 Å². The molecule has 20 nitrogen and oxygen atoms in total. The van der Waals surface area contributed by atoms with E-state index in [0.29, 0.717) is 66.3 Å². The Morgan fingerprint density at radius 3 is 2.31 bits per heavy atom. The van der Waals surface area contributed by atoms with E-state index in [1.54, 1.807) is 62.1 Å². The Morgan fingerprint density at radius 2 is 1.66 bits per heavy atom. The molecule has 8 rings (SSSR count). The third-order valence-electron chi connectivity index (χ3n) is 11.4. The lowest BCUT2D eigenvalue weighted by Crippen LogP contribution is -2.60. The number of carbonyl (C=O) groups is 6. The molecule has 5 aromatic rings. The molecule has 334 valence electrons. The quantitative estimate of drug-likeness (QED) is 0.151. The highest BCUT2D eigenvalue weighted by Gasteiger charge is 2.43. The highest BCUT2D eigenvalue weighted by molar-refractivity contribution is 6.41. The Hall–Kier alpha value is -6.90. The molecule has 0 radical (unpaired) electrons. The molecule has 21 heteroatoms. The number of fused-ring (bicyclic) bond motifs is 1. The van der Waals surface area contributed by atoms with Gasteiger partial charge in [-0.15, -0.1) is 5.10 Å². The Kier molecular flexibility index (Phi) is 11.9. The van der Waals surface area contributed by atoms with Crippen molar-refractivity contribution in [1.82, 2.24) is 34.6 Å². The topological polar surface area (TPSA) is 244 Å². The van der Waals surface area contributed by atoms with Gasteiger partial charge in [0.2, 0.25) is 5.91 Å². The molecule has 0 aliphatic carbocycles. The zero-order valence-electron chi connectivity index (χ0n) is 35.1. The molecule has 3 aliphatic heterocycles. The lowest BCUT2D eigenvalue weighted by atomic mass is 9.88. The fourth-order valence-electron chi connectivity index (χ4n) is 8.32. The molecule has 0 bridgehead atoms. The second kappa shape index (κ2) is 17.3. The maximum absolute atomic E-state index is 14.4. The molecule has 3 aliphatic rings. The average molecular weight is 897 g/mol. The van der Waals surface area contributed by atoms with Gasteiger partial charge in [0.1, 0.15) is 23.7 Å². The summed E-state index contributed by atoms with van der Waals surface area (Å²) in [7, 11) is 0. The van der Waals surface area contributed by atoms with Crippen LogP contribution < -0.4 is 15.5 Å². The summed E-state index contributed by atoms with van der Waals surface area (Å²) in [5.74, 6) is -3.92. The maximum atomic E-state index is 14.4. The fourth-order valence-corrected chi connectivity index (χ4v) is 8.48. The summed E-state index contributed by atoms with van der Waals surface area (Å²) < 4.78 is 13.6. The number of piperazine rings is 1. The molecule has 2 aromatic heterocycles. The number of aliphatic hydroxyl groups is 1. The van der Waals surface area contributed by atoms with Crippen LogP contribution in [-0.2, 0) is 30.3 Å². The highest BCUT2D eigenvalue weighted by Crippen LogP contribution is 2.36. The molecular weight excluding hydrogens is 852 g/mol. The molecular formula is C43H45ClN10O10. The van der Waals surface area contributed by atoms with Crippen molar-refractivity contribution in [2.45, 2.75) is 69.8 Å². The zero-order valence-corrected chi connectivity index (χ0v) is 35.8. The first-order valence-corrected chi connectivity index (χ1v) is 20.9. The van der Waals surface area contributed by atoms with Crippen LogP contribution in [0.2, 0.25) is 5.02 Å². The van der Waals surface area contributed by atoms with E-state index in [1.807, 2.05) is 0 Å². The molecule has 0 saturated carbocycles. The van der Waals surface area contributed by atoms with E-state index in [1.165, 1.54) is 51.1 Å². The highest BCUT2D eigenvalue weighted by atomic mass is 35.5. The summed E-state index contributed by atoms with van der Waals surface area (Å²) in [4.78, 5) is 85.2. The molecule has 1 unspecified atom stereocenters. The van der Waals surface area contributed by atoms with E-state index in [-0.39, 0.29) is 48.1 Å². The summed E-state index contributed by atoms with van der Waals surface area (Å²) in [5, 5.41) is 37.5. The number of nitrogens with zero attached hydrogens (tertiary/aromatic N) is 8. The predicted molar refractivity (Wildman–Crippen MR) is 230 cm³/mol. The number of aromatic nitrogens is 5. The predicted octanol–water partition coefficient (Wildman–Crippen LogP) is 4.32. The number of carboxylic acids is 1. The van der Waals surface area contributed by atoms with Gasteiger partial charge in [-0.25, -0.2) is 19.0 Å². The molecule has 1 spiro atoms. The Bertz CT molecular complexity index is 2640. The molecule has 3 saturated heterocycles. The standard InChI is InChI=1S/C43H45ClN10O10/c1-42(2,3)64-41(62)54-31-11-9-29(19-26(31)20-35(54)39(59)60)46-36(56)34(52-17-16-51(37(57)38(52)58)33-21-27(44)6-10-32(33)53-24-45-48-49-53)18-25-4-7-28(8-5-25)47-40(61)50-14-12-43(13-15-50)22-30(55)23-63-43/h4-11,19-21,24,30,34,55H,12-18,22-23H2,1-3H3,(H,46,56)(H,47,61)(H,59,60)/t30?,34-/m0/s1.